The fourth-order valence-corrected chi connectivity index (χ4v) is 3.98. The second-order valence-electron chi connectivity index (χ2n) is 5.66. The van der Waals surface area contributed by atoms with Crippen LogP contribution in [0.1, 0.15) is 12.0 Å². The summed E-state index contributed by atoms with van der Waals surface area (Å²) in [5.41, 5.74) is 5.65. The van der Waals surface area contributed by atoms with Gasteiger partial charge in [0.05, 0.1) is 4.90 Å². The topological polar surface area (TPSA) is 66.6 Å². The molecule has 0 radical (unpaired) electrons. The van der Waals surface area contributed by atoms with E-state index in [1.54, 1.807) is 7.05 Å². The fraction of sp³-hybridized carbons (Fsp3) is 0.571. The normalized spacial score (nSPS) is 20.3. The molecule has 7 heteroatoms. The number of nitrogens with zero attached hydrogens (tertiary/aromatic N) is 2. The Balaban J connectivity index is 2.17. The quantitative estimate of drug-likeness (QED) is 0.875. The Hall–Kier alpha value is -1.02. The van der Waals surface area contributed by atoms with E-state index in [0.29, 0.717) is 12.5 Å². The highest BCUT2D eigenvalue weighted by Crippen LogP contribution is 2.21. The minimum atomic E-state index is -3.60. The van der Waals surface area contributed by atoms with Crippen LogP contribution in [0.3, 0.4) is 0 Å². The molecule has 1 fully saturated rings. The predicted molar refractivity (Wildman–Crippen MR) is 79.7 cm³/mol. The number of rotatable bonds is 5. The smallest absolute Gasteiger partial charge is 0.242 e. The van der Waals surface area contributed by atoms with Gasteiger partial charge < -0.3 is 10.6 Å². The van der Waals surface area contributed by atoms with E-state index >= 15 is 0 Å². The summed E-state index contributed by atoms with van der Waals surface area (Å²) in [6.45, 7) is 2.35. The van der Waals surface area contributed by atoms with E-state index in [-0.39, 0.29) is 17.0 Å². The van der Waals surface area contributed by atoms with E-state index in [2.05, 4.69) is 4.90 Å². The second kappa shape index (κ2) is 6.39. The van der Waals surface area contributed by atoms with E-state index < -0.39 is 15.8 Å². The maximum Gasteiger partial charge on any atom is 0.242 e. The molecule has 0 bridgehead atoms. The van der Waals surface area contributed by atoms with Gasteiger partial charge in [0.1, 0.15) is 5.82 Å². The van der Waals surface area contributed by atoms with Gasteiger partial charge in [-0.25, -0.2) is 17.1 Å². The Kier molecular flexibility index (Phi) is 4.98. The van der Waals surface area contributed by atoms with Gasteiger partial charge in [-0.1, -0.05) is 0 Å². The lowest BCUT2D eigenvalue weighted by atomic mass is 10.1. The molecule has 21 heavy (non-hydrogen) atoms. The molecule has 118 valence electrons. The van der Waals surface area contributed by atoms with Crippen molar-refractivity contribution in [3.05, 3.63) is 29.6 Å². The highest BCUT2D eigenvalue weighted by molar-refractivity contribution is 7.89. The molecule has 1 aromatic rings. The van der Waals surface area contributed by atoms with Crippen LogP contribution in [-0.4, -0.2) is 51.4 Å². The van der Waals surface area contributed by atoms with Crippen molar-refractivity contribution in [2.75, 3.05) is 33.7 Å². The van der Waals surface area contributed by atoms with Gasteiger partial charge in [-0.15, -0.1) is 0 Å². The monoisotopic (exact) mass is 315 g/mol. The number of nitrogens with two attached hydrogens (primary N) is 1. The maximum atomic E-state index is 13.4. The number of hydrogen-bond donors (Lipinski definition) is 1. The summed E-state index contributed by atoms with van der Waals surface area (Å²) in [5, 5.41) is 0. The molecule has 5 nitrogen and oxygen atoms in total. The van der Waals surface area contributed by atoms with E-state index in [1.807, 2.05) is 7.05 Å². The van der Waals surface area contributed by atoms with Gasteiger partial charge in [-0.2, -0.15) is 0 Å². The first-order valence-electron chi connectivity index (χ1n) is 6.98. The molecule has 0 aliphatic carbocycles. The van der Waals surface area contributed by atoms with Gasteiger partial charge in [-0.3, -0.25) is 0 Å². The van der Waals surface area contributed by atoms with Crippen molar-refractivity contribution in [1.82, 2.24) is 9.21 Å². The minimum absolute atomic E-state index is 0.0215. The van der Waals surface area contributed by atoms with Crippen molar-refractivity contribution in [3.63, 3.8) is 0 Å². The third-order valence-corrected chi connectivity index (χ3v) is 5.77. The zero-order valence-corrected chi connectivity index (χ0v) is 13.2. The average molecular weight is 315 g/mol. The summed E-state index contributed by atoms with van der Waals surface area (Å²) >= 11 is 0. The molecule has 1 unspecified atom stereocenters. The molecule has 1 aliphatic heterocycles. The predicted octanol–water partition coefficient (Wildman–Crippen LogP) is 0.857. The molecule has 1 saturated heterocycles. The SMILES string of the molecule is CN1CCC(CN(C)S(=O)(=O)c2ccc(F)c(CN)c2)C1. The van der Waals surface area contributed by atoms with Crippen LogP contribution in [0.4, 0.5) is 4.39 Å². The van der Waals surface area contributed by atoms with Gasteiger partial charge in [-0.05, 0) is 44.1 Å². The lowest BCUT2D eigenvalue weighted by molar-refractivity contribution is 0.356. The fourth-order valence-electron chi connectivity index (χ4n) is 2.68. The molecule has 0 spiro atoms. The standard InChI is InChI=1S/C14H22FN3O2S/c1-17-6-5-11(9-17)10-18(2)21(19,20)13-3-4-14(15)12(7-13)8-16/h3-4,7,11H,5-6,8-10,16H2,1-2H3. The van der Waals surface area contributed by atoms with Crippen LogP contribution in [0.5, 0.6) is 0 Å². The van der Waals surface area contributed by atoms with Crippen molar-refractivity contribution < 1.29 is 12.8 Å². The highest BCUT2D eigenvalue weighted by Gasteiger charge is 2.27. The maximum absolute atomic E-state index is 13.4. The molecule has 1 atom stereocenters. The molecular weight excluding hydrogens is 293 g/mol. The third-order valence-electron chi connectivity index (χ3n) is 3.95. The Labute approximate surface area is 125 Å². The number of halogens is 1. The minimum Gasteiger partial charge on any atom is -0.326 e. The first-order chi connectivity index (χ1) is 9.84. The van der Waals surface area contributed by atoms with Crippen LogP contribution >= 0.6 is 0 Å². The molecule has 0 saturated carbocycles. The highest BCUT2D eigenvalue weighted by atomic mass is 32.2. The van der Waals surface area contributed by atoms with Gasteiger partial charge in [0.15, 0.2) is 0 Å². The van der Waals surface area contributed by atoms with Crippen molar-refractivity contribution in [3.8, 4) is 0 Å². The van der Waals surface area contributed by atoms with Crippen LogP contribution in [0, 0.1) is 11.7 Å². The molecule has 1 heterocycles. The van der Waals surface area contributed by atoms with E-state index in [0.717, 1.165) is 25.6 Å². The van der Waals surface area contributed by atoms with E-state index in [1.165, 1.54) is 16.4 Å². The first-order valence-corrected chi connectivity index (χ1v) is 8.42. The van der Waals surface area contributed by atoms with Gasteiger partial charge in [0.25, 0.3) is 0 Å². The van der Waals surface area contributed by atoms with Crippen molar-refractivity contribution in [2.45, 2.75) is 17.9 Å². The molecule has 2 N–H and O–H groups in total. The Morgan fingerprint density at radius 2 is 2.19 bits per heavy atom. The van der Waals surface area contributed by atoms with Crippen LogP contribution in [-0.2, 0) is 16.6 Å². The zero-order chi connectivity index (χ0) is 15.6. The summed E-state index contributed by atoms with van der Waals surface area (Å²) in [4.78, 5) is 2.29. The number of likely N-dealkylation sites (tertiary alicyclic amines) is 1. The molecule has 1 aliphatic rings. The summed E-state index contributed by atoms with van der Waals surface area (Å²) in [6, 6.07) is 3.77. The Bertz CT molecular complexity index is 606. The summed E-state index contributed by atoms with van der Waals surface area (Å²) in [5.74, 6) is -0.138. The number of hydrogen-bond acceptors (Lipinski definition) is 4. The summed E-state index contributed by atoms with van der Waals surface area (Å²) in [7, 11) is -0.00236. The molecule has 0 amide bonds. The zero-order valence-electron chi connectivity index (χ0n) is 12.4. The van der Waals surface area contributed by atoms with Crippen LogP contribution in [0.25, 0.3) is 0 Å². The molecule has 1 aromatic carbocycles. The lowest BCUT2D eigenvalue weighted by Crippen LogP contribution is -2.33. The van der Waals surface area contributed by atoms with Gasteiger partial charge in [0, 0.05) is 32.2 Å². The average Bonchev–Trinajstić information content (AvgIpc) is 2.84. The molecule has 0 aromatic heterocycles. The van der Waals surface area contributed by atoms with Crippen molar-refractivity contribution in [2.24, 2.45) is 11.7 Å². The third kappa shape index (κ3) is 3.60. The number of sulfonamides is 1. The van der Waals surface area contributed by atoms with E-state index in [4.69, 9.17) is 5.73 Å². The largest absolute Gasteiger partial charge is 0.326 e. The van der Waals surface area contributed by atoms with Crippen molar-refractivity contribution in [1.29, 1.82) is 0 Å². The van der Waals surface area contributed by atoms with Crippen LogP contribution in [0.2, 0.25) is 0 Å². The molecular formula is C14H22FN3O2S. The van der Waals surface area contributed by atoms with Crippen LogP contribution < -0.4 is 5.73 Å². The second-order valence-corrected chi connectivity index (χ2v) is 7.70. The lowest BCUT2D eigenvalue weighted by Gasteiger charge is -2.21. The first kappa shape index (κ1) is 16.4. The number of benzene rings is 1. The van der Waals surface area contributed by atoms with Crippen molar-refractivity contribution >= 4 is 10.0 Å². The Morgan fingerprint density at radius 3 is 2.76 bits per heavy atom. The summed E-state index contributed by atoms with van der Waals surface area (Å²) in [6.07, 6.45) is 0.994. The molecule has 2 rings (SSSR count). The van der Waals surface area contributed by atoms with Gasteiger partial charge >= 0.3 is 0 Å². The van der Waals surface area contributed by atoms with E-state index in [9.17, 15) is 12.8 Å². The Morgan fingerprint density at radius 1 is 1.48 bits per heavy atom. The van der Waals surface area contributed by atoms with Gasteiger partial charge in [0.2, 0.25) is 10.0 Å². The van der Waals surface area contributed by atoms with Crippen LogP contribution in [0.15, 0.2) is 23.1 Å². The summed E-state index contributed by atoms with van der Waals surface area (Å²) < 4.78 is 39.8.